The molecule has 2 rings (SSSR count). The molecule has 7 heteroatoms. The summed E-state index contributed by atoms with van der Waals surface area (Å²) >= 11 is 8.36. The second kappa shape index (κ2) is 4.62. The Bertz CT molecular complexity index is 584. The normalized spacial score (nSPS) is 12.7. The summed E-state index contributed by atoms with van der Waals surface area (Å²) in [6, 6.07) is 3.72. The van der Waals surface area contributed by atoms with Gasteiger partial charge in [0, 0.05) is 4.47 Å². The molecular formula is C10H8BrClFN3O. The van der Waals surface area contributed by atoms with Crippen molar-refractivity contribution >= 4 is 50.4 Å². The van der Waals surface area contributed by atoms with Crippen molar-refractivity contribution in [3.05, 3.63) is 22.2 Å². The molecule has 0 aliphatic carbocycles. The van der Waals surface area contributed by atoms with Crippen molar-refractivity contribution in [1.82, 2.24) is 9.97 Å². The third-order valence-corrected chi connectivity index (χ3v) is 2.84. The zero-order chi connectivity index (χ0) is 12.6. The number of fused-ring (bicyclic) bond motifs is 1. The van der Waals surface area contributed by atoms with Gasteiger partial charge in [-0.05, 0) is 24.6 Å². The van der Waals surface area contributed by atoms with Gasteiger partial charge in [-0.15, -0.1) is 0 Å². The third-order valence-electron chi connectivity index (χ3n) is 2.18. The van der Waals surface area contributed by atoms with Crippen LogP contribution >= 0.6 is 27.5 Å². The van der Waals surface area contributed by atoms with E-state index in [0.29, 0.717) is 5.52 Å². The molecule has 1 aromatic carbocycles. The van der Waals surface area contributed by atoms with Crippen molar-refractivity contribution < 1.29 is 9.18 Å². The molecule has 0 saturated heterocycles. The van der Waals surface area contributed by atoms with Crippen molar-refractivity contribution in [2.75, 3.05) is 5.32 Å². The summed E-state index contributed by atoms with van der Waals surface area (Å²) in [6.07, 6.45) is 0. The molecule has 0 bridgehead atoms. The zero-order valence-corrected chi connectivity index (χ0v) is 11.1. The van der Waals surface area contributed by atoms with E-state index in [1.54, 1.807) is 0 Å². The molecule has 1 heterocycles. The Morgan fingerprint density at radius 3 is 3.00 bits per heavy atom. The van der Waals surface area contributed by atoms with Crippen LogP contribution < -0.4 is 5.32 Å². The fourth-order valence-corrected chi connectivity index (χ4v) is 2.10. The molecule has 0 aliphatic rings. The molecule has 17 heavy (non-hydrogen) atoms. The molecular weight excluding hydrogens is 312 g/mol. The van der Waals surface area contributed by atoms with E-state index in [-0.39, 0.29) is 5.95 Å². The number of aryl methyl sites for hydroxylation is 1. The van der Waals surface area contributed by atoms with Gasteiger partial charge < -0.3 is 4.98 Å². The second-order valence-corrected chi connectivity index (χ2v) is 4.79. The summed E-state index contributed by atoms with van der Waals surface area (Å²) in [5.74, 6) is -0.767. The first-order chi connectivity index (χ1) is 7.97. The monoisotopic (exact) mass is 319 g/mol. The predicted molar refractivity (Wildman–Crippen MR) is 67.9 cm³/mol. The number of amides is 1. The van der Waals surface area contributed by atoms with Gasteiger partial charge in [0.05, 0.1) is 11.0 Å². The van der Waals surface area contributed by atoms with Crippen LogP contribution in [0.4, 0.5) is 10.3 Å². The zero-order valence-electron chi connectivity index (χ0n) is 8.72. The molecule has 0 radical (unpaired) electrons. The van der Waals surface area contributed by atoms with Crippen molar-refractivity contribution in [3.8, 4) is 0 Å². The number of rotatable bonds is 2. The minimum absolute atomic E-state index is 0.175. The largest absolute Gasteiger partial charge is 0.324 e. The van der Waals surface area contributed by atoms with Gasteiger partial charge in [0.15, 0.2) is 0 Å². The summed E-state index contributed by atoms with van der Waals surface area (Å²) in [6.45, 7) is 1.89. The van der Waals surface area contributed by atoms with Crippen LogP contribution in [-0.2, 0) is 4.79 Å². The van der Waals surface area contributed by atoms with E-state index in [2.05, 4.69) is 31.2 Å². The minimum Gasteiger partial charge on any atom is -0.324 e. The Kier molecular flexibility index (Phi) is 3.35. The number of hydrogen-bond donors (Lipinski definition) is 2. The molecule has 1 amide bonds. The average Bonchev–Trinajstić information content (AvgIpc) is 2.60. The van der Waals surface area contributed by atoms with E-state index in [4.69, 9.17) is 11.6 Å². The number of benzene rings is 1. The number of nitrogens with zero attached hydrogens (tertiary/aromatic N) is 1. The molecule has 4 nitrogen and oxygen atoms in total. The molecule has 1 aromatic heterocycles. The molecule has 0 aliphatic heterocycles. The van der Waals surface area contributed by atoms with Gasteiger partial charge in [0.2, 0.25) is 5.95 Å². The van der Waals surface area contributed by atoms with Gasteiger partial charge in [-0.3, -0.25) is 10.1 Å². The lowest BCUT2D eigenvalue weighted by molar-refractivity contribution is -0.118. The summed E-state index contributed by atoms with van der Waals surface area (Å²) in [7, 11) is 0. The van der Waals surface area contributed by atoms with Gasteiger partial charge >= 0.3 is 0 Å². The first-order valence-corrected chi connectivity index (χ1v) is 5.95. The van der Waals surface area contributed by atoms with Crippen LogP contribution in [-0.4, -0.2) is 21.5 Å². The Labute approximate surface area is 110 Å². The van der Waals surface area contributed by atoms with E-state index in [9.17, 15) is 9.18 Å². The highest BCUT2D eigenvalue weighted by atomic mass is 79.9. The van der Waals surface area contributed by atoms with Gasteiger partial charge in [0.1, 0.15) is 0 Å². The number of anilines is 1. The molecule has 2 N–H and O–H groups in total. The van der Waals surface area contributed by atoms with Crippen molar-refractivity contribution in [1.29, 1.82) is 0 Å². The number of carbonyl (C=O) groups is 1. The lowest BCUT2D eigenvalue weighted by Gasteiger charge is -1.99. The highest BCUT2D eigenvalue weighted by Gasteiger charge is 2.15. The Morgan fingerprint density at radius 2 is 2.35 bits per heavy atom. The van der Waals surface area contributed by atoms with Crippen LogP contribution in [0.1, 0.15) is 5.56 Å². The summed E-state index contributed by atoms with van der Waals surface area (Å²) in [4.78, 5) is 18.1. The maximum absolute atomic E-state index is 12.5. The molecule has 1 unspecified atom stereocenters. The topological polar surface area (TPSA) is 57.8 Å². The Hall–Kier alpha value is -1.14. The number of H-pyrrole nitrogens is 1. The van der Waals surface area contributed by atoms with Crippen molar-refractivity contribution in [2.24, 2.45) is 0 Å². The third kappa shape index (κ3) is 2.58. The van der Waals surface area contributed by atoms with Crippen LogP contribution in [0.3, 0.4) is 0 Å². The number of imidazole rings is 1. The Morgan fingerprint density at radius 1 is 1.65 bits per heavy atom. The van der Waals surface area contributed by atoms with Crippen LogP contribution in [0.25, 0.3) is 11.0 Å². The SMILES string of the molecule is Cc1cc(Br)cc2[nH]c(NC(=O)C(F)Cl)nc12. The van der Waals surface area contributed by atoms with Crippen LogP contribution in [0.15, 0.2) is 16.6 Å². The lowest BCUT2D eigenvalue weighted by atomic mass is 10.2. The number of aromatic nitrogens is 2. The van der Waals surface area contributed by atoms with Gasteiger partial charge in [0.25, 0.3) is 11.5 Å². The molecule has 90 valence electrons. The van der Waals surface area contributed by atoms with Gasteiger partial charge in [-0.1, -0.05) is 27.5 Å². The number of hydrogen-bond acceptors (Lipinski definition) is 2. The Balaban J connectivity index is 2.38. The van der Waals surface area contributed by atoms with Gasteiger partial charge in [-0.25, -0.2) is 9.37 Å². The first kappa shape index (κ1) is 12.3. The quantitative estimate of drug-likeness (QED) is 0.835. The number of nitrogens with one attached hydrogen (secondary N) is 2. The number of alkyl halides is 2. The molecule has 0 spiro atoms. The number of aromatic amines is 1. The number of carbonyl (C=O) groups excluding carboxylic acids is 1. The summed E-state index contributed by atoms with van der Waals surface area (Å²) < 4.78 is 13.4. The smallest absolute Gasteiger partial charge is 0.276 e. The van der Waals surface area contributed by atoms with E-state index in [0.717, 1.165) is 15.6 Å². The van der Waals surface area contributed by atoms with Gasteiger partial charge in [-0.2, -0.15) is 0 Å². The molecule has 1 atom stereocenters. The molecule has 0 fully saturated rings. The average molecular weight is 321 g/mol. The molecule has 0 saturated carbocycles. The van der Waals surface area contributed by atoms with E-state index < -0.39 is 11.5 Å². The minimum atomic E-state index is -2.09. The van der Waals surface area contributed by atoms with Crippen molar-refractivity contribution in [3.63, 3.8) is 0 Å². The summed E-state index contributed by atoms with van der Waals surface area (Å²) in [5.41, 5.74) is 0.315. The van der Waals surface area contributed by atoms with E-state index in [1.165, 1.54) is 0 Å². The van der Waals surface area contributed by atoms with Crippen molar-refractivity contribution in [2.45, 2.75) is 12.6 Å². The standard InChI is InChI=1S/C10H8BrClFN3O/c1-4-2-5(11)3-6-7(4)15-10(14-6)16-9(17)8(12)13/h2-3,8H,1H3,(H2,14,15,16,17). The maximum atomic E-state index is 12.5. The van der Waals surface area contributed by atoms with Crippen LogP contribution in [0.2, 0.25) is 0 Å². The van der Waals surface area contributed by atoms with E-state index >= 15 is 0 Å². The van der Waals surface area contributed by atoms with Crippen LogP contribution in [0, 0.1) is 6.92 Å². The van der Waals surface area contributed by atoms with Crippen LogP contribution in [0.5, 0.6) is 0 Å². The lowest BCUT2D eigenvalue weighted by Crippen LogP contribution is -2.19. The fourth-order valence-electron chi connectivity index (χ4n) is 1.48. The molecule has 2 aromatic rings. The first-order valence-electron chi connectivity index (χ1n) is 4.72. The second-order valence-electron chi connectivity index (χ2n) is 3.49. The fraction of sp³-hybridized carbons (Fsp3) is 0.200. The summed E-state index contributed by atoms with van der Waals surface area (Å²) in [5, 5.41) is 2.25. The van der Waals surface area contributed by atoms with E-state index in [1.807, 2.05) is 19.1 Å². The predicted octanol–water partition coefficient (Wildman–Crippen LogP) is 3.11. The highest BCUT2D eigenvalue weighted by Crippen LogP contribution is 2.23. The maximum Gasteiger partial charge on any atom is 0.276 e. The number of halogens is 3. The highest BCUT2D eigenvalue weighted by molar-refractivity contribution is 9.10.